The van der Waals surface area contributed by atoms with Gasteiger partial charge in [-0.1, -0.05) is 30.3 Å². The van der Waals surface area contributed by atoms with Crippen LogP contribution in [0.5, 0.6) is 0 Å². The summed E-state index contributed by atoms with van der Waals surface area (Å²) in [6.45, 7) is 0.484. The van der Waals surface area contributed by atoms with Gasteiger partial charge in [0.2, 0.25) is 5.82 Å². The van der Waals surface area contributed by atoms with Gasteiger partial charge in [0.05, 0.1) is 0 Å². The van der Waals surface area contributed by atoms with Crippen molar-refractivity contribution < 1.29 is 4.79 Å². The van der Waals surface area contributed by atoms with Gasteiger partial charge in [-0.3, -0.25) is 4.79 Å². The van der Waals surface area contributed by atoms with Crippen molar-refractivity contribution in [3.8, 4) is 0 Å². The standard InChI is InChI=1S/C12H11N3O/c16-12(11-13-7-4-8-14-11)15-9-10-5-2-1-3-6-10/h1-8H,9H2,(H,15,16). The highest BCUT2D eigenvalue weighted by Gasteiger charge is 2.06. The van der Waals surface area contributed by atoms with E-state index in [9.17, 15) is 4.79 Å². The van der Waals surface area contributed by atoms with E-state index < -0.39 is 0 Å². The maximum Gasteiger partial charge on any atom is 0.289 e. The van der Waals surface area contributed by atoms with Crippen LogP contribution >= 0.6 is 0 Å². The quantitative estimate of drug-likeness (QED) is 0.838. The summed E-state index contributed by atoms with van der Waals surface area (Å²) >= 11 is 0. The van der Waals surface area contributed by atoms with E-state index >= 15 is 0 Å². The third-order valence-corrected chi connectivity index (χ3v) is 2.06. The van der Waals surface area contributed by atoms with Crippen LogP contribution < -0.4 is 5.32 Å². The van der Waals surface area contributed by atoms with Crippen LogP contribution in [-0.2, 0) is 6.54 Å². The first-order chi connectivity index (χ1) is 7.86. The molecule has 0 aliphatic carbocycles. The molecule has 80 valence electrons. The molecule has 2 aromatic rings. The molecule has 1 amide bonds. The Bertz CT molecular complexity index is 456. The van der Waals surface area contributed by atoms with E-state index in [0.29, 0.717) is 6.54 Å². The number of hydrogen-bond acceptors (Lipinski definition) is 3. The van der Waals surface area contributed by atoms with Crippen molar-refractivity contribution >= 4 is 5.91 Å². The van der Waals surface area contributed by atoms with Crippen molar-refractivity contribution in [3.63, 3.8) is 0 Å². The Balaban J connectivity index is 1.95. The van der Waals surface area contributed by atoms with Crippen LogP contribution in [0.2, 0.25) is 0 Å². The van der Waals surface area contributed by atoms with Gasteiger partial charge in [0.15, 0.2) is 0 Å². The number of hydrogen-bond donors (Lipinski definition) is 1. The smallest absolute Gasteiger partial charge is 0.289 e. The zero-order valence-corrected chi connectivity index (χ0v) is 8.63. The number of amides is 1. The van der Waals surface area contributed by atoms with E-state index in [1.807, 2.05) is 30.3 Å². The van der Waals surface area contributed by atoms with Gasteiger partial charge in [-0.25, -0.2) is 9.97 Å². The summed E-state index contributed by atoms with van der Waals surface area (Å²) in [7, 11) is 0. The lowest BCUT2D eigenvalue weighted by atomic mass is 10.2. The Morgan fingerprint density at radius 2 is 1.75 bits per heavy atom. The molecule has 1 heterocycles. The van der Waals surface area contributed by atoms with Crippen molar-refractivity contribution in [1.29, 1.82) is 0 Å². The summed E-state index contributed by atoms with van der Waals surface area (Å²) in [5.74, 6) is -0.0668. The minimum absolute atomic E-state index is 0.193. The third-order valence-electron chi connectivity index (χ3n) is 2.06. The van der Waals surface area contributed by atoms with Gasteiger partial charge in [-0.05, 0) is 11.6 Å². The van der Waals surface area contributed by atoms with Gasteiger partial charge in [0.1, 0.15) is 0 Å². The normalized spacial score (nSPS) is 9.75. The SMILES string of the molecule is O=C(NCc1ccccc1)c1ncccn1. The van der Waals surface area contributed by atoms with E-state index in [4.69, 9.17) is 0 Å². The van der Waals surface area contributed by atoms with Crippen molar-refractivity contribution in [2.45, 2.75) is 6.54 Å². The number of benzene rings is 1. The highest BCUT2D eigenvalue weighted by Crippen LogP contribution is 1.97. The van der Waals surface area contributed by atoms with Crippen LogP contribution in [0.4, 0.5) is 0 Å². The molecule has 16 heavy (non-hydrogen) atoms. The monoisotopic (exact) mass is 213 g/mol. The lowest BCUT2D eigenvalue weighted by Gasteiger charge is -2.03. The molecule has 0 bridgehead atoms. The van der Waals surface area contributed by atoms with Crippen LogP contribution in [0, 0.1) is 0 Å². The second-order valence-electron chi connectivity index (χ2n) is 3.24. The lowest BCUT2D eigenvalue weighted by Crippen LogP contribution is -2.24. The molecule has 0 unspecified atom stereocenters. The summed E-state index contributed by atoms with van der Waals surface area (Å²) < 4.78 is 0. The topological polar surface area (TPSA) is 54.9 Å². The molecule has 0 radical (unpaired) electrons. The van der Waals surface area contributed by atoms with Gasteiger partial charge in [0, 0.05) is 18.9 Å². The number of aromatic nitrogens is 2. The second kappa shape index (κ2) is 5.02. The van der Waals surface area contributed by atoms with Crippen LogP contribution in [0.15, 0.2) is 48.8 Å². The molecule has 1 aromatic heterocycles. The first-order valence-corrected chi connectivity index (χ1v) is 4.95. The van der Waals surface area contributed by atoms with Gasteiger partial charge in [-0.15, -0.1) is 0 Å². The molecule has 0 spiro atoms. The summed E-state index contributed by atoms with van der Waals surface area (Å²) in [5, 5.41) is 2.75. The van der Waals surface area contributed by atoms with Gasteiger partial charge < -0.3 is 5.32 Å². The largest absolute Gasteiger partial charge is 0.345 e. The van der Waals surface area contributed by atoms with Crippen molar-refractivity contribution in [2.75, 3.05) is 0 Å². The molecule has 4 nitrogen and oxygen atoms in total. The highest BCUT2D eigenvalue weighted by molar-refractivity contribution is 5.90. The van der Waals surface area contributed by atoms with E-state index in [1.165, 1.54) is 0 Å². The minimum Gasteiger partial charge on any atom is -0.345 e. The number of nitrogens with zero attached hydrogens (tertiary/aromatic N) is 2. The van der Waals surface area contributed by atoms with Gasteiger partial charge in [0.25, 0.3) is 5.91 Å². The van der Waals surface area contributed by atoms with Crippen LogP contribution in [0.25, 0.3) is 0 Å². The first-order valence-electron chi connectivity index (χ1n) is 4.95. The molecular weight excluding hydrogens is 202 g/mol. The van der Waals surface area contributed by atoms with E-state index in [2.05, 4.69) is 15.3 Å². The van der Waals surface area contributed by atoms with Crippen molar-refractivity contribution in [1.82, 2.24) is 15.3 Å². The predicted molar refractivity (Wildman–Crippen MR) is 59.6 cm³/mol. The third kappa shape index (κ3) is 2.63. The highest BCUT2D eigenvalue weighted by atomic mass is 16.2. The summed E-state index contributed by atoms with van der Waals surface area (Å²) in [5.41, 5.74) is 1.05. The maximum absolute atomic E-state index is 11.6. The Labute approximate surface area is 93.4 Å². The van der Waals surface area contributed by atoms with E-state index in [0.717, 1.165) is 5.56 Å². The Hall–Kier alpha value is -2.23. The Morgan fingerprint density at radius 3 is 2.44 bits per heavy atom. The van der Waals surface area contributed by atoms with Crippen molar-refractivity contribution in [2.24, 2.45) is 0 Å². The average Bonchev–Trinajstić information content (AvgIpc) is 2.38. The van der Waals surface area contributed by atoms with E-state index in [1.54, 1.807) is 18.5 Å². The van der Waals surface area contributed by atoms with Gasteiger partial charge >= 0.3 is 0 Å². The molecule has 4 heteroatoms. The molecule has 0 saturated heterocycles. The molecule has 0 atom stereocenters. The minimum atomic E-state index is -0.260. The first kappa shape index (κ1) is 10.3. The summed E-state index contributed by atoms with van der Waals surface area (Å²) in [6, 6.07) is 11.4. The predicted octanol–water partition coefficient (Wildman–Crippen LogP) is 1.41. The molecule has 1 aromatic carbocycles. The van der Waals surface area contributed by atoms with Crippen molar-refractivity contribution in [3.05, 3.63) is 60.2 Å². The molecule has 0 fully saturated rings. The number of carbonyl (C=O) groups excluding carboxylic acids is 1. The fourth-order valence-electron chi connectivity index (χ4n) is 1.27. The molecule has 0 aliphatic rings. The zero-order chi connectivity index (χ0) is 11.2. The molecule has 1 N–H and O–H groups in total. The fraction of sp³-hybridized carbons (Fsp3) is 0.0833. The Kier molecular flexibility index (Phi) is 3.23. The average molecular weight is 213 g/mol. The van der Waals surface area contributed by atoms with Gasteiger partial charge in [-0.2, -0.15) is 0 Å². The van der Waals surface area contributed by atoms with E-state index in [-0.39, 0.29) is 11.7 Å². The molecular formula is C12H11N3O. The van der Waals surface area contributed by atoms with Crippen LogP contribution in [-0.4, -0.2) is 15.9 Å². The molecule has 0 saturated carbocycles. The maximum atomic E-state index is 11.6. The van der Waals surface area contributed by atoms with Crippen LogP contribution in [0.3, 0.4) is 0 Å². The summed E-state index contributed by atoms with van der Waals surface area (Å²) in [6.07, 6.45) is 3.09. The Morgan fingerprint density at radius 1 is 1.06 bits per heavy atom. The number of carbonyl (C=O) groups is 1. The van der Waals surface area contributed by atoms with Crippen LogP contribution in [0.1, 0.15) is 16.2 Å². The summed E-state index contributed by atoms with van der Waals surface area (Å²) in [4.78, 5) is 19.3. The molecule has 0 aliphatic heterocycles. The fourth-order valence-corrected chi connectivity index (χ4v) is 1.27. The molecule has 2 rings (SSSR count). The number of nitrogens with one attached hydrogen (secondary N) is 1. The second-order valence-corrected chi connectivity index (χ2v) is 3.24. The lowest BCUT2D eigenvalue weighted by molar-refractivity contribution is 0.0940. The number of rotatable bonds is 3. The zero-order valence-electron chi connectivity index (χ0n) is 8.63.